The zero-order valence-corrected chi connectivity index (χ0v) is 24.2. The van der Waals surface area contributed by atoms with Crippen molar-refractivity contribution < 1.29 is 35.0 Å². The van der Waals surface area contributed by atoms with Crippen molar-refractivity contribution in [3.05, 3.63) is 58.8 Å². The van der Waals surface area contributed by atoms with E-state index < -0.39 is 41.5 Å². The Bertz CT molecular complexity index is 1320. The molecule has 0 aromatic heterocycles. The maximum absolute atomic E-state index is 12.5. The fourth-order valence-electron chi connectivity index (χ4n) is 8.18. The van der Waals surface area contributed by atoms with Crippen LogP contribution in [0, 0.1) is 33.8 Å². The monoisotopic (exact) mass is 582 g/mol. The first-order chi connectivity index (χ1) is 19.8. The van der Waals surface area contributed by atoms with Gasteiger partial charge in [-0.3, -0.25) is 10.0 Å². The first-order valence-corrected chi connectivity index (χ1v) is 14.6. The number of hydrogen-bond acceptors (Lipinski definition) is 9. The highest BCUT2D eigenvalue weighted by Crippen LogP contribution is 2.66. The molecule has 0 aliphatic heterocycles. The van der Waals surface area contributed by atoms with Crippen molar-refractivity contribution in [3.63, 3.8) is 0 Å². The quantitative estimate of drug-likeness (QED) is 0.285. The zero-order chi connectivity index (χ0) is 30.4. The summed E-state index contributed by atoms with van der Waals surface area (Å²) in [6.45, 7) is 6.01. The van der Waals surface area contributed by atoms with Gasteiger partial charge in [-0.15, -0.1) is 0 Å². The molecule has 42 heavy (non-hydrogen) atoms. The number of rotatable bonds is 8. The molecule has 0 saturated heterocycles. The number of anilines is 1. The van der Waals surface area contributed by atoms with E-state index in [-0.39, 0.29) is 22.1 Å². The van der Waals surface area contributed by atoms with Gasteiger partial charge >= 0.3 is 5.97 Å². The first-order valence-electron chi connectivity index (χ1n) is 14.6. The summed E-state index contributed by atoms with van der Waals surface area (Å²) in [4.78, 5) is 29.5. The number of hydrogen-bond donors (Lipinski definition) is 5. The number of benzene rings is 1. The summed E-state index contributed by atoms with van der Waals surface area (Å²) in [5.41, 5.74) is 0.915. The third-order valence-electron chi connectivity index (χ3n) is 10.8. The number of carbonyl (C=O) groups excluding carboxylic acids is 1. The zero-order valence-electron chi connectivity index (χ0n) is 24.2. The molecule has 1 amide bonds. The molecule has 4 aliphatic rings. The third kappa shape index (κ3) is 5.23. The largest absolute Gasteiger partial charge is 0.733 e. The summed E-state index contributed by atoms with van der Waals surface area (Å²) in [5, 5.41) is 57.4. The van der Waals surface area contributed by atoms with Gasteiger partial charge in [-0.25, -0.2) is 4.79 Å². The predicted molar refractivity (Wildman–Crippen MR) is 154 cm³/mol. The summed E-state index contributed by atoms with van der Waals surface area (Å²) in [6, 6.07) is 3.41. The highest BCUT2D eigenvalue weighted by Gasteiger charge is 2.62. The number of nitrogens with one attached hydrogen (secondary N) is 1. The van der Waals surface area contributed by atoms with Crippen LogP contribution in [-0.2, 0) is 14.4 Å². The van der Waals surface area contributed by atoms with Crippen molar-refractivity contribution in [1.82, 2.24) is 5.32 Å². The summed E-state index contributed by atoms with van der Waals surface area (Å²) < 4.78 is 0. The second-order valence-corrected chi connectivity index (χ2v) is 13.0. The number of nitrogens with zero attached hydrogens (tertiary/aromatic N) is 2. The molecule has 0 spiro atoms. The van der Waals surface area contributed by atoms with E-state index in [1.807, 2.05) is 19.1 Å². The van der Waals surface area contributed by atoms with Crippen molar-refractivity contribution in [2.24, 2.45) is 33.7 Å². The highest BCUT2D eigenvalue weighted by atomic mass is 16.8. The van der Waals surface area contributed by atoms with Gasteiger partial charge in [0, 0.05) is 5.41 Å². The predicted octanol–water partition coefficient (Wildman–Crippen LogP) is 3.85. The van der Waals surface area contributed by atoms with E-state index in [9.17, 15) is 30.1 Å². The summed E-state index contributed by atoms with van der Waals surface area (Å²) >= 11 is 0. The van der Waals surface area contributed by atoms with Crippen LogP contribution in [0.1, 0.15) is 71.0 Å². The molecule has 0 bridgehead atoms. The van der Waals surface area contributed by atoms with Gasteiger partial charge in [-0.1, -0.05) is 42.8 Å². The van der Waals surface area contributed by atoms with Gasteiger partial charge in [0.2, 0.25) is 0 Å². The van der Waals surface area contributed by atoms with Gasteiger partial charge in [0.05, 0.1) is 11.3 Å². The maximum atomic E-state index is 12.5. The molecule has 11 nitrogen and oxygen atoms in total. The lowest BCUT2D eigenvalue weighted by atomic mass is 9.47. The Kier molecular flexibility index (Phi) is 7.99. The number of carboxylic acid groups (broad SMARTS) is 1. The number of aliphatic hydroxyl groups is 2. The van der Waals surface area contributed by atoms with Gasteiger partial charge in [0.1, 0.15) is 11.8 Å². The lowest BCUT2D eigenvalue weighted by molar-refractivity contribution is -0.146. The summed E-state index contributed by atoms with van der Waals surface area (Å²) in [5.74, 6) is -0.725. The molecule has 8 atom stereocenters. The van der Waals surface area contributed by atoms with Crippen molar-refractivity contribution in [1.29, 1.82) is 0 Å². The molecule has 5 N–H and O–H groups in total. The van der Waals surface area contributed by atoms with E-state index in [0.717, 1.165) is 44.6 Å². The molecule has 3 saturated carbocycles. The minimum absolute atomic E-state index is 0.0221. The van der Waals surface area contributed by atoms with Crippen LogP contribution in [0.25, 0.3) is 0 Å². The molecule has 5 unspecified atom stereocenters. The average molecular weight is 583 g/mol. The normalized spacial score (nSPS) is 35.7. The second-order valence-electron chi connectivity index (χ2n) is 13.0. The van der Waals surface area contributed by atoms with Gasteiger partial charge in [-0.2, -0.15) is 0 Å². The van der Waals surface area contributed by atoms with E-state index in [2.05, 4.69) is 30.4 Å². The Balaban J connectivity index is 1.20. The smallest absolute Gasteiger partial charge is 0.329 e. The van der Waals surface area contributed by atoms with Crippen molar-refractivity contribution in [2.75, 3.05) is 11.8 Å². The number of oxime groups is 1. The van der Waals surface area contributed by atoms with Crippen LogP contribution in [0.15, 0.2) is 53.2 Å². The molecule has 0 heterocycles. The lowest BCUT2D eigenvalue weighted by Crippen LogP contribution is -2.53. The van der Waals surface area contributed by atoms with Gasteiger partial charge < -0.3 is 35.9 Å². The lowest BCUT2D eigenvalue weighted by Gasteiger charge is -2.58. The average Bonchev–Trinajstić information content (AvgIpc) is 3.19. The molecule has 5 rings (SSSR count). The van der Waals surface area contributed by atoms with Gasteiger partial charge in [0.25, 0.3) is 5.91 Å². The molecule has 3 fully saturated rings. The maximum Gasteiger partial charge on any atom is 0.329 e. The van der Waals surface area contributed by atoms with E-state index in [1.165, 1.54) is 23.8 Å². The number of carboxylic acids is 1. The van der Waals surface area contributed by atoms with Crippen molar-refractivity contribution in [2.45, 2.75) is 77.0 Å². The number of fused-ring (bicyclic) bond motifs is 5. The molecule has 1 aromatic carbocycles. The number of allylic oxidation sites excluding steroid dienone is 4. The Morgan fingerprint density at radius 1 is 1.19 bits per heavy atom. The van der Waals surface area contributed by atoms with Crippen LogP contribution in [0.3, 0.4) is 0 Å². The van der Waals surface area contributed by atoms with E-state index >= 15 is 0 Å². The van der Waals surface area contributed by atoms with Crippen LogP contribution in [-0.4, -0.2) is 56.4 Å². The van der Waals surface area contributed by atoms with Gasteiger partial charge in [0.15, 0.2) is 12.6 Å². The van der Waals surface area contributed by atoms with Gasteiger partial charge in [-0.05, 0) is 98.5 Å². The topological polar surface area (TPSA) is 175 Å². The molecule has 228 valence electrons. The standard InChI is InChI=1S/C31H40N3O8/c1-29-12-9-20(16-19(29)7-8-22-23(29)10-13-30(2)24(22)11-14-31(30,3)39)33-42-17-25(35)32-26(28(37)38)27(36)18-5-4-6-21(15-18)34(40)41/h4-6,9,12,15-16,22-24,26-27,36,39-40H,7-8,10-11,13-14,17H2,1-3H3,(H,32,35)(H,37,38)/q-1/t22?,23?,24?,26?,27?,29-,30-,31-/m0/s1. The number of carbonyl (C=O) groups is 2. The minimum Gasteiger partial charge on any atom is -0.733 e. The molecule has 11 heteroatoms. The molecule has 0 radical (unpaired) electrons. The number of aliphatic hydroxyl groups excluding tert-OH is 1. The highest BCUT2D eigenvalue weighted by molar-refractivity contribution is 6.05. The Labute approximate surface area is 245 Å². The number of amides is 1. The molecule has 4 aliphatic carbocycles. The third-order valence-corrected chi connectivity index (χ3v) is 10.8. The molecular weight excluding hydrogens is 542 g/mol. The number of aliphatic carboxylic acids is 1. The van der Waals surface area contributed by atoms with Crippen LogP contribution in [0.5, 0.6) is 0 Å². The summed E-state index contributed by atoms with van der Waals surface area (Å²) in [6.07, 6.45) is 10.4. The van der Waals surface area contributed by atoms with E-state index in [0.29, 0.717) is 23.5 Å². The Morgan fingerprint density at radius 3 is 2.64 bits per heavy atom. The fourth-order valence-corrected chi connectivity index (χ4v) is 8.18. The first kappa shape index (κ1) is 30.2. The second kappa shape index (κ2) is 11.1. The van der Waals surface area contributed by atoms with Crippen molar-refractivity contribution >= 4 is 23.3 Å². The van der Waals surface area contributed by atoms with E-state index in [1.54, 1.807) is 0 Å². The van der Waals surface area contributed by atoms with Crippen LogP contribution < -0.4 is 10.5 Å². The van der Waals surface area contributed by atoms with Crippen LogP contribution >= 0.6 is 0 Å². The Morgan fingerprint density at radius 2 is 1.93 bits per heavy atom. The minimum atomic E-state index is -1.73. The SMILES string of the molecule is C[C@]12C=CC(=NOCC(=O)NC(C(=O)O)C(O)c3cccc(N([O-])O)c3)C=C1CCC1C2CC[C@@]2(C)C1CC[C@]2(C)O. The Hall–Kier alpha value is -3.25. The van der Waals surface area contributed by atoms with Crippen LogP contribution in [0.4, 0.5) is 5.69 Å². The molecular formula is C31H40N3O8-. The molecule has 1 aromatic rings. The van der Waals surface area contributed by atoms with E-state index in [4.69, 9.17) is 10.0 Å². The van der Waals surface area contributed by atoms with Crippen molar-refractivity contribution in [3.8, 4) is 0 Å². The fraction of sp³-hybridized carbons (Fsp3) is 0.581. The summed E-state index contributed by atoms with van der Waals surface area (Å²) in [7, 11) is 0. The van der Waals surface area contributed by atoms with Crippen LogP contribution in [0.2, 0.25) is 0 Å².